The van der Waals surface area contributed by atoms with Gasteiger partial charge in [0.2, 0.25) is 0 Å². The summed E-state index contributed by atoms with van der Waals surface area (Å²) < 4.78 is 17.3. The number of hydrogen-bond acceptors (Lipinski definition) is 3. The first-order valence-corrected chi connectivity index (χ1v) is 7.77. The van der Waals surface area contributed by atoms with Gasteiger partial charge in [-0.15, -0.1) is 0 Å². The van der Waals surface area contributed by atoms with E-state index in [1.54, 1.807) is 0 Å². The lowest BCUT2D eigenvalue weighted by Crippen LogP contribution is -2.22. The molecule has 1 aliphatic carbocycles. The highest BCUT2D eigenvalue weighted by Crippen LogP contribution is 2.30. The van der Waals surface area contributed by atoms with Crippen molar-refractivity contribution in [1.82, 2.24) is 0 Å². The minimum Gasteiger partial charge on any atom is -0.493 e. The summed E-state index contributed by atoms with van der Waals surface area (Å²) in [4.78, 5) is 0. The highest BCUT2D eigenvalue weighted by atomic mass is 16.7. The normalized spacial score (nSPS) is 22.8. The van der Waals surface area contributed by atoms with Crippen LogP contribution in [0, 0.1) is 12.8 Å². The van der Waals surface area contributed by atoms with Gasteiger partial charge < -0.3 is 14.2 Å². The maximum Gasteiger partial charge on any atom is 0.158 e. The standard InChI is InChI=1S/C17H24O3/c1-13-5-6-15(10-16(13)19-11-14-7-8-14)12-20-17-4-2-3-9-18-17/h5-6,10,14,17H,2-4,7-9,11-12H2,1H3. The molecule has 2 fully saturated rings. The summed E-state index contributed by atoms with van der Waals surface area (Å²) in [6, 6.07) is 6.34. The average Bonchev–Trinajstić information content (AvgIpc) is 3.30. The molecule has 1 saturated carbocycles. The molecule has 0 radical (unpaired) electrons. The van der Waals surface area contributed by atoms with E-state index in [0.29, 0.717) is 6.61 Å². The summed E-state index contributed by atoms with van der Waals surface area (Å²) in [5.41, 5.74) is 2.36. The molecule has 0 bridgehead atoms. The van der Waals surface area contributed by atoms with Crippen molar-refractivity contribution in [3.8, 4) is 5.75 Å². The molecule has 20 heavy (non-hydrogen) atoms. The van der Waals surface area contributed by atoms with Crippen molar-refractivity contribution < 1.29 is 14.2 Å². The third-order valence-electron chi connectivity index (χ3n) is 4.00. The summed E-state index contributed by atoms with van der Waals surface area (Å²) in [6.07, 6.45) is 5.98. The molecule has 1 saturated heterocycles. The molecule has 0 N–H and O–H groups in total. The van der Waals surface area contributed by atoms with Gasteiger partial charge >= 0.3 is 0 Å². The SMILES string of the molecule is Cc1ccc(COC2CCCCO2)cc1OCC1CC1. The minimum absolute atomic E-state index is 0.0270. The van der Waals surface area contributed by atoms with Crippen LogP contribution in [0.1, 0.15) is 43.2 Å². The average molecular weight is 276 g/mol. The van der Waals surface area contributed by atoms with Gasteiger partial charge in [0, 0.05) is 6.61 Å². The van der Waals surface area contributed by atoms with Gasteiger partial charge in [-0.25, -0.2) is 0 Å². The summed E-state index contributed by atoms with van der Waals surface area (Å²) in [6.45, 7) is 4.38. The summed E-state index contributed by atoms with van der Waals surface area (Å²) in [5, 5.41) is 0. The van der Waals surface area contributed by atoms with Crippen LogP contribution in [0.5, 0.6) is 5.75 Å². The summed E-state index contributed by atoms with van der Waals surface area (Å²) in [7, 11) is 0. The van der Waals surface area contributed by atoms with Gasteiger partial charge in [0.05, 0.1) is 13.2 Å². The molecule has 3 rings (SSSR count). The summed E-state index contributed by atoms with van der Waals surface area (Å²) >= 11 is 0. The van der Waals surface area contributed by atoms with Crippen molar-refractivity contribution in [2.45, 2.75) is 51.9 Å². The van der Waals surface area contributed by atoms with E-state index in [9.17, 15) is 0 Å². The lowest BCUT2D eigenvalue weighted by Gasteiger charge is -2.22. The van der Waals surface area contributed by atoms with Crippen molar-refractivity contribution in [2.24, 2.45) is 5.92 Å². The Kier molecular flexibility index (Phi) is 4.58. The van der Waals surface area contributed by atoms with Crippen LogP contribution in [0.25, 0.3) is 0 Å². The minimum atomic E-state index is -0.0270. The number of benzene rings is 1. The Labute approximate surface area is 121 Å². The molecule has 2 aliphatic rings. The smallest absolute Gasteiger partial charge is 0.158 e. The predicted molar refractivity (Wildman–Crippen MR) is 77.8 cm³/mol. The van der Waals surface area contributed by atoms with Gasteiger partial charge in [-0.05, 0) is 62.1 Å². The van der Waals surface area contributed by atoms with Crippen LogP contribution in [-0.4, -0.2) is 19.5 Å². The quantitative estimate of drug-likeness (QED) is 0.790. The van der Waals surface area contributed by atoms with Crippen LogP contribution in [0.4, 0.5) is 0 Å². The fourth-order valence-corrected chi connectivity index (χ4v) is 2.41. The topological polar surface area (TPSA) is 27.7 Å². The molecule has 3 nitrogen and oxygen atoms in total. The van der Waals surface area contributed by atoms with Crippen LogP contribution in [0.15, 0.2) is 18.2 Å². The van der Waals surface area contributed by atoms with Crippen LogP contribution in [0.3, 0.4) is 0 Å². The zero-order chi connectivity index (χ0) is 13.8. The first-order chi connectivity index (χ1) is 9.81. The maximum absolute atomic E-state index is 5.91. The van der Waals surface area contributed by atoms with E-state index in [-0.39, 0.29) is 6.29 Å². The van der Waals surface area contributed by atoms with Crippen molar-refractivity contribution in [2.75, 3.05) is 13.2 Å². The van der Waals surface area contributed by atoms with E-state index >= 15 is 0 Å². The van der Waals surface area contributed by atoms with Crippen LogP contribution in [0.2, 0.25) is 0 Å². The van der Waals surface area contributed by atoms with Crippen LogP contribution >= 0.6 is 0 Å². The second kappa shape index (κ2) is 6.59. The van der Waals surface area contributed by atoms with Gasteiger partial charge in [-0.1, -0.05) is 12.1 Å². The Hall–Kier alpha value is -1.06. The Morgan fingerprint density at radius 1 is 1.20 bits per heavy atom. The zero-order valence-corrected chi connectivity index (χ0v) is 12.3. The Morgan fingerprint density at radius 2 is 2.10 bits per heavy atom. The lowest BCUT2D eigenvalue weighted by molar-refractivity contribution is -0.168. The van der Waals surface area contributed by atoms with Crippen molar-refractivity contribution in [3.05, 3.63) is 29.3 Å². The highest BCUT2D eigenvalue weighted by molar-refractivity contribution is 5.36. The van der Waals surface area contributed by atoms with Gasteiger partial charge in [-0.3, -0.25) is 0 Å². The van der Waals surface area contributed by atoms with E-state index in [2.05, 4.69) is 25.1 Å². The zero-order valence-electron chi connectivity index (χ0n) is 12.3. The number of hydrogen-bond donors (Lipinski definition) is 0. The largest absolute Gasteiger partial charge is 0.493 e. The molecule has 0 spiro atoms. The Bertz CT molecular complexity index is 434. The maximum atomic E-state index is 5.91. The molecular formula is C17H24O3. The Balaban J connectivity index is 1.53. The molecular weight excluding hydrogens is 252 g/mol. The second-order valence-electron chi connectivity index (χ2n) is 5.96. The molecule has 1 heterocycles. The first kappa shape index (κ1) is 13.9. The second-order valence-corrected chi connectivity index (χ2v) is 5.96. The molecule has 3 heteroatoms. The van der Waals surface area contributed by atoms with Gasteiger partial charge in [-0.2, -0.15) is 0 Å². The van der Waals surface area contributed by atoms with Gasteiger partial charge in [0.15, 0.2) is 6.29 Å². The number of rotatable bonds is 6. The first-order valence-electron chi connectivity index (χ1n) is 7.77. The highest BCUT2D eigenvalue weighted by Gasteiger charge is 2.22. The third-order valence-corrected chi connectivity index (χ3v) is 4.00. The van der Waals surface area contributed by atoms with E-state index in [1.165, 1.54) is 24.8 Å². The van der Waals surface area contributed by atoms with Gasteiger partial charge in [0.1, 0.15) is 5.75 Å². The van der Waals surface area contributed by atoms with Gasteiger partial charge in [0.25, 0.3) is 0 Å². The third kappa shape index (κ3) is 3.97. The van der Waals surface area contributed by atoms with Crippen molar-refractivity contribution in [1.29, 1.82) is 0 Å². The lowest BCUT2D eigenvalue weighted by atomic mass is 10.1. The summed E-state index contributed by atoms with van der Waals surface area (Å²) in [5.74, 6) is 1.78. The molecule has 1 aromatic rings. The van der Waals surface area contributed by atoms with E-state index in [0.717, 1.165) is 43.3 Å². The molecule has 1 aromatic carbocycles. The van der Waals surface area contributed by atoms with Crippen LogP contribution < -0.4 is 4.74 Å². The Morgan fingerprint density at radius 3 is 2.85 bits per heavy atom. The van der Waals surface area contributed by atoms with Crippen molar-refractivity contribution in [3.63, 3.8) is 0 Å². The molecule has 1 atom stereocenters. The molecule has 110 valence electrons. The molecule has 0 aromatic heterocycles. The number of ether oxygens (including phenoxy) is 3. The number of aryl methyl sites for hydroxylation is 1. The fraction of sp³-hybridized carbons (Fsp3) is 0.647. The molecule has 1 aliphatic heterocycles. The predicted octanol–water partition coefficient (Wildman–Crippen LogP) is 3.83. The molecule has 1 unspecified atom stereocenters. The van der Waals surface area contributed by atoms with E-state index in [4.69, 9.17) is 14.2 Å². The monoisotopic (exact) mass is 276 g/mol. The van der Waals surface area contributed by atoms with E-state index < -0.39 is 0 Å². The molecule has 0 amide bonds. The fourth-order valence-electron chi connectivity index (χ4n) is 2.41. The van der Waals surface area contributed by atoms with E-state index in [1.807, 2.05) is 0 Å². The van der Waals surface area contributed by atoms with Crippen molar-refractivity contribution >= 4 is 0 Å². The van der Waals surface area contributed by atoms with Crippen LogP contribution in [-0.2, 0) is 16.1 Å².